The largest absolute Gasteiger partial charge is 0.445 e. The Bertz CT molecular complexity index is 1100. The van der Waals surface area contributed by atoms with Crippen molar-refractivity contribution in [1.29, 1.82) is 5.26 Å². The summed E-state index contributed by atoms with van der Waals surface area (Å²) in [6.07, 6.45) is -2.52. The van der Waals surface area contributed by atoms with Crippen molar-refractivity contribution in [3.8, 4) is 6.07 Å². The Morgan fingerprint density at radius 1 is 1.23 bits per heavy atom. The summed E-state index contributed by atoms with van der Waals surface area (Å²) in [7, 11) is 0. The average Bonchev–Trinajstić information content (AvgIpc) is 2.80. The van der Waals surface area contributed by atoms with Gasteiger partial charge in [0.1, 0.15) is 18.4 Å². The molecule has 1 aliphatic heterocycles. The maximum atomic E-state index is 15.0. The third-order valence-electron chi connectivity index (χ3n) is 5.22. The van der Waals surface area contributed by atoms with Crippen molar-refractivity contribution >= 4 is 35.2 Å². The molecule has 1 heterocycles. The summed E-state index contributed by atoms with van der Waals surface area (Å²) in [5.41, 5.74) is 0.956. The highest BCUT2D eigenvalue weighted by molar-refractivity contribution is 6.36. The molecule has 0 aliphatic carbocycles. The summed E-state index contributed by atoms with van der Waals surface area (Å²) in [5.74, 6) is 0. The van der Waals surface area contributed by atoms with E-state index in [-0.39, 0.29) is 29.4 Å². The maximum Gasteiger partial charge on any atom is 0.412 e. The van der Waals surface area contributed by atoms with E-state index in [0.29, 0.717) is 18.7 Å². The van der Waals surface area contributed by atoms with Crippen molar-refractivity contribution in [3.63, 3.8) is 0 Å². The number of alkyl halides is 1. The molecular weight excluding hydrogens is 475 g/mol. The van der Waals surface area contributed by atoms with Gasteiger partial charge in [0.25, 0.3) is 0 Å². The highest BCUT2D eigenvalue weighted by atomic mass is 35.5. The number of nitriles is 1. The van der Waals surface area contributed by atoms with Gasteiger partial charge in [-0.25, -0.2) is 14.0 Å². The first-order chi connectivity index (χ1) is 16.6. The molecule has 0 radical (unpaired) electrons. The second kappa shape index (κ2) is 11.3. The van der Waals surface area contributed by atoms with E-state index >= 15 is 4.39 Å². The quantitative estimate of drug-likeness (QED) is 0.567. The van der Waals surface area contributed by atoms with Crippen molar-refractivity contribution in [2.75, 3.05) is 23.3 Å². The van der Waals surface area contributed by atoms with Crippen LogP contribution in [0.3, 0.4) is 0 Å². The monoisotopic (exact) mass is 502 g/mol. The van der Waals surface area contributed by atoms with Crippen LogP contribution < -0.4 is 15.5 Å². The van der Waals surface area contributed by atoms with Gasteiger partial charge in [-0.3, -0.25) is 5.32 Å². The molecule has 0 unspecified atom stereocenters. The Kier molecular flexibility index (Phi) is 8.41. The van der Waals surface area contributed by atoms with Gasteiger partial charge in [-0.1, -0.05) is 41.9 Å². The molecule has 2 amide bonds. The smallest absolute Gasteiger partial charge is 0.412 e. The van der Waals surface area contributed by atoms with Gasteiger partial charge in [0, 0.05) is 6.54 Å². The molecule has 0 aromatic heterocycles. The van der Waals surface area contributed by atoms with Crippen molar-refractivity contribution in [1.82, 2.24) is 5.32 Å². The Balaban J connectivity index is 1.64. The van der Waals surface area contributed by atoms with Gasteiger partial charge in [0.15, 0.2) is 0 Å². The van der Waals surface area contributed by atoms with E-state index in [1.54, 1.807) is 25.7 Å². The third kappa shape index (κ3) is 7.49. The third-order valence-corrected chi connectivity index (χ3v) is 5.61. The van der Waals surface area contributed by atoms with Crippen molar-refractivity contribution in [2.24, 2.45) is 0 Å². The predicted octanol–water partition coefficient (Wildman–Crippen LogP) is 5.40. The topological polar surface area (TPSA) is 104 Å². The minimum absolute atomic E-state index is 0.0654. The molecule has 35 heavy (non-hydrogen) atoms. The number of alkyl carbamates (subject to hydrolysis) is 1. The van der Waals surface area contributed by atoms with Gasteiger partial charge in [-0.05, 0) is 44.9 Å². The van der Waals surface area contributed by atoms with Gasteiger partial charge in [0.2, 0.25) is 0 Å². The molecule has 10 heteroatoms. The fourth-order valence-corrected chi connectivity index (χ4v) is 3.89. The van der Waals surface area contributed by atoms with Crippen LogP contribution in [-0.2, 0) is 16.1 Å². The van der Waals surface area contributed by atoms with E-state index in [1.807, 2.05) is 36.4 Å². The number of nitrogens with zero attached hydrogens (tertiary/aromatic N) is 2. The Labute approximate surface area is 208 Å². The van der Waals surface area contributed by atoms with Crippen molar-refractivity contribution in [2.45, 2.75) is 51.6 Å². The second-order valence-electron chi connectivity index (χ2n) is 9.16. The molecule has 2 N–H and O–H groups in total. The first-order valence-electron chi connectivity index (χ1n) is 11.2. The van der Waals surface area contributed by atoms with Crippen LogP contribution in [0.15, 0.2) is 42.5 Å². The molecule has 1 aliphatic rings. The van der Waals surface area contributed by atoms with Crippen LogP contribution >= 0.6 is 11.6 Å². The van der Waals surface area contributed by atoms with Gasteiger partial charge < -0.3 is 19.7 Å². The fraction of sp³-hybridized carbons (Fsp3) is 0.400. The molecule has 0 saturated carbocycles. The predicted molar refractivity (Wildman–Crippen MR) is 131 cm³/mol. The maximum absolute atomic E-state index is 15.0. The van der Waals surface area contributed by atoms with Crippen LogP contribution in [0.2, 0.25) is 5.02 Å². The molecule has 186 valence electrons. The lowest BCUT2D eigenvalue weighted by Gasteiger charge is -2.37. The van der Waals surface area contributed by atoms with E-state index in [2.05, 4.69) is 10.6 Å². The number of carbonyl (C=O) groups is 2. The molecule has 8 nitrogen and oxygen atoms in total. The van der Waals surface area contributed by atoms with E-state index in [1.165, 1.54) is 12.1 Å². The van der Waals surface area contributed by atoms with Crippen LogP contribution in [0.1, 0.15) is 38.3 Å². The molecule has 1 saturated heterocycles. The summed E-state index contributed by atoms with van der Waals surface area (Å²) < 4.78 is 25.5. The van der Waals surface area contributed by atoms with E-state index in [4.69, 9.17) is 21.1 Å². The highest BCUT2D eigenvalue weighted by Gasteiger charge is 2.32. The van der Waals surface area contributed by atoms with Gasteiger partial charge in [-0.2, -0.15) is 5.26 Å². The van der Waals surface area contributed by atoms with Gasteiger partial charge in [-0.15, -0.1) is 0 Å². The van der Waals surface area contributed by atoms with Gasteiger partial charge in [0.05, 0.1) is 40.6 Å². The summed E-state index contributed by atoms with van der Waals surface area (Å²) in [6, 6.07) is 13.5. The normalized spacial score (nSPS) is 17.8. The Hall–Kier alpha value is -3.51. The standard InChI is InChI=1S/C25H28ClFN4O4/c1-25(2,3)35-24(33)30-20-11-17(13-28)12-21(22(20)26)31-10-9-19(18(27)14-31)29-23(32)34-15-16-7-5-4-6-8-16/h4-8,11-12,18-19H,9-10,14-15H2,1-3H3,(H,29,32)(H,30,33)/t18-,19+/m1/s1. The number of piperidine rings is 1. The van der Waals surface area contributed by atoms with E-state index in [0.717, 1.165) is 5.56 Å². The number of benzene rings is 2. The number of ether oxygens (including phenoxy) is 2. The number of halogens is 2. The van der Waals surface area contributed by atoms with Crippen molar-refractivity contribution in [3.05, 3.63) is 58.6 Å². The number of amides is 2. The first kappa shape index (κ1) is 26.1. The van der Waals surface area contributed by atoms with Crippen LogP contribution in [0.25, 0.3) is 0 Å². The highest BCUT2D eigenvalue weighted by Crippen LogP contribution is 2.36. The molecule has 2 atom stereocenters. The van der Waals surface area contributed by atoms with E-state index in [9.17, 15) is 14.9 Å². The summed E-state index contributed by atoms with van der Waals surface area (Å²) >= 11 is 6.52. The molecule has 2 aromatic rings. The van der Waals surface area contributed by atoms with E-state index < -0.39 is 30.0 Å². The zero-order chi connectivity index (χ0) is 25.6. The molecule has 2 aromatic carbocycles. The van der Waals surface area contributed by atoms with Crippen LogP contribution in [0, 0.1) is 11.3 Å². The number of rotatable bonds is 5. The fourth-order valence-electron chi connectivity index (χ4n) is 3.61. The summed E-state index contributed by atoms with van der Waals surface area (Å²) in [6.45, 7) is 5.56. The van der Waals surface area contributed by atoms with Crippen molar-refractivity contribution < 1.29 is 23.5 Å². The Morgan fingerprint density at radius 3 is 2.57 bits per heavy atom. The van der Waals surface area contributed by atoms with Crippen LogP contribution in [0.5, 0.6) is 0 Å². The number of hydrogen-bond donors (Lipinski definition) is 2. The van der Waals surface area contributed by atoms with Crippen LogP contribution in [-0.4, -0.2) is 43.1 Å². The lowest BCUT2D eigenvalue weighted by Crippen LogP contribution is -2.52. The number of nitrogens with one attached hydrogen (secondary N) is 2. The second-order valence-corrected chi connectivity index (χ2v) is 9.54. The molecular formula is C25H28ClFN4O4. The van der Waals surface area contributed by atoms with Gasteiger partial charge >= 0.3 is 12.2 Å². The zero-order valence-electron chi connectivity index (χ0n) is 19.8. The number of carbonyl (C=O) groups excluding carboxylic acids is 2. The first-order valence-corrected chi connectivity index (χ1v) is 11.5. The summed E-state index contributed by atoms with van der Waals surface area (Å²) in [5, 5.41) is 14.7. The zero-order valence-corrected chi connectivity index (χ0v) is 20.6. The molecule has 0 spiro atoms. The Morgan fingerprint density at radius 2 is 1.94 bits per heavy atom. The molecule has 3 rings (SSSR count). The lowest BCUT2D eigenvalue weighted by atomic mass is 10.0. The summed E-state index contributed by atoms with van der Waals surface area (Å²) in [4.78, 5) is 26.0. The molecule has 1 fully saturated rings. The number of hydrogen-bond acceptors (Lipinski definition) is 6. The van der Waals surface area contributed by atoms with Crippen LogP contribution in [0.4, 0.5) is 25.4 Å². The minimum Gasteiger partial charge on any atom is -0.445 e. The SMILES string of the molecule is CC(C)(C)OC(=O)Nc1cc(C#N)cc(N2CC[C@H](NC(=O)OCc3ccccc3)[C@H](F)C2)c1Cl. The minimum atomic E-state index is -1.41. The number of anilines is 2. The molecule has 0 bridgehead atoms. The lowest BCUT2D eigenvalue weighted by molar-refractivity contribution is 0.0636. The average molecular weight is 503 g/mol.